The topological polar surface area (TPSA) is 72.3 Å². The second-order valence-corrected chi connectivity index (χ2v) is 9.14. The smallest absolute Gasteiger partial charge is 0.230 e. The lowest BCUT2D eigenvalue weighted by Crippen LogP contribution is -2.34. The number of piperidine rings is 1. The minimum atomic E-state index is 0.0286. The maximum Gasteiger partial charge on any atom is 0.230 e. The molecule has 0 spiro atoms. The highest BCUT2D eigenvalue weighted by Crippen LogP contribution is 2.30. The van der Waals surface area contributed by atoms with Crippen molar-refractivity contribution in [2.45, 2.75) is 70.1 Å². The van der Waals surface area contributed by atoms with Crippen molar-refractivity contribution in [3.8, 4) is 11.4 Å². The molecule has 1 aliphatic rings. The summed E-state index contributed by atoms with van der Waals surface area (Å²) < 4.78 is 7.41. The van der Waals surface area contributed by atoms with E-state index in [0.29, 0.717) is 5.75 Å². The van der Waals surface area contributed by atoms with Gasteiger partial charge in [-0.2, -0.15) is 0 Å². The maximum atomic E-state index is 12.4. The molecule has 2 atom stereocenters. The zero-order valence-corrected chi connectivity index (χ0v) is 20.0. The summed E-state index contributed by atoms with van der Waals surface area (Å²) in [5.41, 5.74) is 0.979. The first-order valence-corrected chi connectivity index (χ1v) is 12.3. The number of aromatic nitrogens is 3. The second kappa shape index (κ2) is 11.5. The Morgan fingerprint density at radius 1 is 1.16 bits per heavy atom. The summed E-state index contributed by atoms with van der Waals surface area (Å²) in [6.07, 6.45) is 5.77. The van der Waals surface area contributed by atoms with Gasteiger partial charge in [0.25, 0.3) is 0 Å². The highest BCUT2D eigenvalue weighted by atomic mass is 32.2. The van der Waals surface area contributed by atoms with Crippen LogP contribution in [0.2, 0.25) is 0 Å². The third kappa shape index (κ3) is 6.23. The fraction of sp³-hybridized carbons (Fsp3) is 0.609. The highest BCUT2D eigenvalue weighted by molar-refractivity contribution is 7.99. The molecule has 3 rings (SSSR count). The van der Waals surface area contributed by atoms with Crippen molar-refractivity contribution in [2.75, 3.05) is 26.0 Å². The number of amides is 1. The molecule has 0 bridgehead atoms. The zero-order chi connectivity index (χ0) is 22.2. The van der Waals surface area contributed by atoms with Crippen molar-refractivity contribution in [1.82, 2.24) is 25.0 Å². The molecule has 1 aliphatic heterocycles. The highest BCUT2D eigenvalue weighted by Gasteiger charge is 2.26. The standard InChI is InChI=1S/C23H35N5O2S/c1-5-9-17(2)24-21(29)16-31-23-26-25-22(18(3)27-14-7-6-8-15-27)28(23)19-10-12-20(30-4)13-11-19/h10-13,17-18H,5-9,14-16H2,1-4H3,(H,24,29)/t17-,18+/m0/s1. The molecule has 31 heavy (non-hydrogen) atoms. The fourth-order valence-electron chi connectivity index (χ4n) is 4.04. The number of ether oxygens (including phenoxy) is 1. The summed E-state index contributed by atoms with van der Waals surface area (Å²) >= 11 is 1.43. The van der Waals surface area contributed by atoms with Crippen molar-refractivity contribution in [3.05, 3.63) is 30.1 Å². The average Bonchev–Trinajstić information content (AvgIpc) is 3.22. The van der Waals surface area contributed by atoms with Gasteiger partial charge in [0.15, 0.2) is 11.0 Å². The van der Waals surface area contributed by atoms with Crippen molar-refractivity contribution in [2.24, 2.45) is 0 Å². The summed E-state index contributed by atoms with van der Waals surface area (Å²) in [5, 5.41) is 12.8. The molecule has 1 amide bonds. The van der Waals surface area contributed by atoms with E-state index < -0.39 is 0 Å². The summed E-state index contributed by atoms with van der Waals surface area (Å²) in [5.74, 6) is 2.07. The van der Waals surface area contributed by atoms with Gasteiger partial charge in [0.05, 0.1) is 18.9 Å². The van der Waals surface area contributed by atoms with Gasteiger partial charge < -0.3 is 10.1 Å². The first kappa shape index (κ1) is 23.6. The van der Waals surface area contributed by atoms with Gasteiger partial charge >= 0.3 is 0 Å². The summed E-state index contributed by atoms with van der Waals surface area (Å²) in [6.45, 7) is 8.53. The van der Waals surface area contributed by atoms with Crippen molar-refractivity contribution in [1.29, 1.82) is 0 Å². The molecule has 2 heterocycles. The summed E-state index contributed by atoms with van der Waals surface area (Å²) in [6, 6.07) is 8.26. The number of nitrogens with zero attached hydrogens (tertiary/aromatic N) is 4. The molecule has 0 aliphatic carbocycles. The molecule has 1 saturated heterocycles. The van der Waals surface area contributed by atoms with Gasteiger partial charge in [-0.1, -0.05) is 31.5 Å². The first-order chi connectivity index (χ1) is 15.0. The number of thioether (sulfide) groups is 1. The van der Waals surface area contributed by atoms with E-state index in [4.69, 9.17) is 4.74 Å². The van der Waals surface area contributed by atoms with Gasteiger partial charge in [0.2, 0.25) is 5.91 Å². The Morgan fingerprint density at radius 2 is 1.87 bits per heavy atom. The molecular weight excluding hydrogens is 410 g/mol. The maximum absolute atomic E-state index is 12.4. The number of carbonyl (C=O) groups excluding carboxylic acids is 1. The summed E-state index contributed by atoms with van der Waals surface area (Å²) in [7, 11) is 1.66. The van der Waals surface area contributed by atoms with Crippen LogP contribution in [0.4, 0.5) is 0 Å². The van der Waals surface area contributed by atoms with Gasteiger partial charge in [-0.15, -0.1) is 10.2 Å². The molecule has 170 valence electrons. The Hall–Kier alpha value is -2.06. The Labute approximate surface area is 189 Å². The van der Waals surface area contributed by atoms with Crippen LogP contribution in [0.5, 0.6) is 5.75 Å². The zero-order valence-electron chi connectivity index (χ0n) is 19.1. The molecule has 8 heteroatoms. The molecule has 0 radical (unpaired) electrons. The number of hydrogen-bond acceptors (Lipinski definition) is 6. The SMILES string of the molecule is CCC[C@H](C)NC(=O)CSc1nnc([C@@H](C)N2CCCCC2)n1-c1ccc(OC)cc1. The molecule has 0 unspecified atom stereocenters. The van der Waals surface area contributed by atoms with Crippen molar-refractivity contribution in [3.63, 3.8) is 0 Å². The van der Waals surface area contributed by atoms with Crippen LogP contribution in [0.25, 0.3) is 5.69 Å². The quantitative estimate of drug-likeness (QED) is 0.552. The van der Waals surface area contributed by atoms with E-state index in [1.165, 1.54) is 31.0 Å². The Kier molecular flexibility index (Phi) is 8.78. The summed E-state index contributed by atoms with van der Waals surface area (Å²) in [4.78, 5) is 14.9. The Bertz CT molecular complexity index is 833. The van der Waals surface area contributed by atoms with Crippen LogP contribution in [0.3, 0.4) is 0 Å². The molecule has 7 nitrogen and oxygen atoms in total. The van der Waals surface area contributed by atoms with Crippen LogP contribution in [0, 0.1) is 0 Å². The molecule has 0 saturated carbocycles. The van der Waals surface area contributed by atoms with E-state index in [1.807, 2.05) is 31.2 Å². The molecule has 1 aromatic carbocycles. The average molecular weight is 446 g/mol. The predicted octanol–water partition coefficient (Wildman–Crippen LogP) is 4.22. The molecular formula is C23H35N5O2S. The third-order valence-electron chi connectivity index (χ3n) is 5.76. The van der Waals surface area contributed by atoms with E-state index in [-0.39, 0.29) is 18.0 Å². The van der Waals surface area contributed by atoms with E-state index in [0.717, 1.165) is 48.3 Å². The van der Waals surface area contributed by atoms with Gasteiger partial charge in [0, 0.05) is 11.7 Å². The number of hydrogen-bond donors (Lipinski definition) is 1. The van der Waals surface area contributed by atoms with E-state index in [2.05, 4.69) is 38.8 Å². The van der Waals surface area contributed by atoms with Crippen LogP contribution in [-0.4, -0.2) is 57.6 Å². The van der Waals surface area contributed by atoms with Crippen LogP contribution in [-0.2, 0) is 4.79 Å². The number of rotatable bonds is 10. The fourth-order valence-corrected chi connectivity index (χ4v) is 4.81. The van der Waals surface area contributed by atoms with Gasteiger partial charge in [-0.25, -0.2) is 0 Å². The van der Waals surface area contributed by atoms with Gasteiger partial charge in [0.1, 0.15) is 5.75 Å². The second-order valence-electron chi connectivity index (χ2n) is 8.19. The lowest BCUT2D eigenvalue weighted by molar-refractivity contribution is -0.119. The predicted molar refractivity (Wildman–Crippen MR) is 125 cm³/mol. The monoisotopic (exact) mass is 445 g/mol. The molecule has 2 aromatic rings. The normalized spacial score (nSPS) is 16.6. The van der Waals surface area contributed by atoms with Crippen molar-refractivity contribution >= 4 is 17.7 Å². The van der Waals surface area contributed by atoms with Gasteiger partial charge in [-0.05, 0) is 70.5 Å². The number of likely N-dealkylation sites (tertiary alicyclic amines) is 1. The van der Waals surface area contributed by atoms with Crippen LogP contribution >= 0.6 is 11.8 Å². The number of benzene rings is 1. The van der Waals surface area contributed by atoms with E-state index >= 15 is 0 Å². The number of carbonyl (C=O) groups is 1. The lowest BCUT2D eigenvalue weighted by atomic mass is 10.1. The number of nitrogens with one attached hydrogen (secondary N) is 1. The third-order valence-corrected chi connectivity index (χ3v) is 6.69. The van der Waals surface area contributed by atoms with Crippen LogP contribution in [0.1, 0.15) is 64.7 Å². The van der Waals surface area contributed by atoms with Crippen molar-refractivity contribution < 1.29 is 9.53 Å². The van der Waals surface area contributed by atoms with E-state index in [9.17, 15) is 4.79 Å². The number of methoxy groups -OCH3 is 1. The van der Waals surface area contributed by atoms with E-state index in [1.54, 1.807) is 7.11 Å². The van der Waals surface area contributed by atoms with Crippen LogP contribution in [0.15, 0.2) is 29.4 Å². The molecule has 1 fully saturated rings. The minimum Gasteiger partial charge on any atom is -0.497 e. The molecule has 1 aromatic heterocycles. The van der Waals surface area contributed by atoms with Crippen LogP contribution < -0.4 is 10.1 Å². The van der Waals surface area contributed by atoms with Gasteiger partial charge in [-0.3, -0.25) is 14.3 Å². The largest absolute Gasteiger partial charge is 0.497 e. The molecule has 1 N–H and O–H groups in total. The Morgan fingerprint density at radius 3 is 2.52 bits per heavy atom. The first-order valence-electron chi connectivity index (χ1n) is 11.3. The Balaban J connectivity index is 1.82. The lowest BCUT2D eigenvalue weighted by Gasteiger charge is -2.31. The minimum absolute atomic E-state index is 0.0286.